The number of hydrogen-bond donors (Lipinski definition) is 2. The minimum Gasteiger partial charge on any atom is -0.494 e. The predicted octanol–water partition coefficient (Wildman–Crippen LogP) is 5.05. The lowest BCUT2D eigenvalue weighted by molar-refractivity contribution is -0.132. The maximum Gasteiger partial charge on any atom is 0.335 e. The molecule has 4 rings (SSSR count). The van der Waals surface area contributed by atoms with Crippen LogP contribution in [-0.4, -0.2) is 48.0 Å². The van der Waals surface area contributed by atoms with Crippen LogP contribution in [0.4, 0.5) is 4.39 Å². The van der Waals surface area contributed by atoms with Gasteiger partial charge in [0.2, 0.25) is 0 Å². The monoisotopic (exact) mass is 492 g/mol. The van der Waals surface area contributed by atoms with E-state index in [-0.39, 0.29) is 17.4 Å². The van der Waals surface area contributed by atoms with Crippen LogP contribution in [0.3, 0.4) is 0 Å². The Balaban J connectivity index is 1.43. The van der Waals surface area contributed by atoms with Crippen LogP contribution in [0, 0.1) is 5.82 Å². The molecular weight excluding hydrogens is 459 g/mol. The quantitative estimate of drug-likeness (QED) is 0.260. The Hall–Kier alpha value is -3.45. The van der Waals surface area contributed by atoms with Gasteiger partial charge in [-0.2, -0.15) is 0 Å². The van der Waals surface area contributed by atoms with Gasteiger partial charge in [0.15, 0.2) is 0 Å². The van der Waals surface area contributed by atoms with Crippen molar-refractivity contribution in [2.75, 3.05) is 19.7 Å². The summed E-state index contributed by atoms with van der Waals surface area (Å²) in [5.74, 6) is 0.0651. The number of nitrogens with zero attached hydrogens (tertiary/aromatic N) is 1. The number of carbonyl (C=O) groups excluding carboxylic acids is 1. The van der Waals surface area contributed by atoms with Gasteiger partial charge in [0, 0.05) is 31.2 Å². The number of nitrogens with one attached hydrogen (secondary N) is 1. The van der Waals surface area contributed by atoms with Gasteiger partial charge in [-0.3, -0.25) is 9.69 Å². The molecule has 2 aliphatic rings. The lowest BCUT2D eigenvalue weighted by Crippen LogP contribution is -2.40. The standard InChI is InChI=1S/C29H33FN2O4/c1-2-36-28-18-27(21-5-7-24(30)8-6-21)26(20-3-4-20)17-23(28)19-32-14-10-25(11-15-32)31-13-9-22(12-16-33)29(34)35/h5-9,12-13,16-18,20,25,31H,2-4,10-11,14-15,19H2,1H3,(H,34,35)/b13-9-,22-12+. The van der Waals surface area contributed by atoms with Gasteiger partial charge in [-0.1, -0.05) is 12.1 Å². The Morgan fingerprint density at radius 2 is 1.89 bits per heavy atom. The number of halogens is 1. The van der Waals surface area contributed by atoms with Crippen molar-refractivity contribution in [1.82, 2.24) is 10.2 Å². The van der Waals surface area contributed by atoms with Gasteiger partial charge in [-0.25, -0.2) is 9.18 Å². The van der Waals surface area contributed by atoms with Gasteiger partial charge in [0.1, 0.15) is 17.9 Å². The molecule has 6 nitrogen and oxygen atoms in total. The van der Waals surface area contributed by atoms with Gasteiger partial charge in [0.05, 0.1) is 12.2 Å². The van der Waals surface area contributed by atoms with E-state index < -0.39 is 5.97 Å². The third-order valence-corrected chi connectivity index (χ3v) is 6.78. The average Bonchev–Trinajstić information content (AvgIpc) is 3.71. The molecule has 190 valence electrons. The third-order valence-electron chi connectivity index (χ3n) is 6.78. The molecule has 2 aromatic carbocycles. The topological polar surface area (TPSA) is 78.9 Å². The van der Waals surface area contributed by atoms with E-state index >= 15 is 0 Å². The molecule has 2 fully saturated rings. The van der Waals surface area contributed by atoms with Gasteiger partial charge < -0.3 is 15.2 Å². The second-order valence-electron chi connectivity index (χ2n) is 9.38. The summed E-state index contributed by atoms with van der Waals surface area (Å²) in [4.78, 5) is 24.1. The molecular formula is C29H33FN2O4. The SMILES string of the molecule is CCOc1cc(-c2ccc(F)cc2)c(C2CC2)cc1CN1CCC(N/C=C\C(=C/C=O)C(=O)O)CC1. The number of likely N-dealkylation sites (tertiary alicyclic amines) is 1. The van der Waals surface area contributed by atoms with Crippen LogP contribution in [0.2, 0.25) is 0 Å². The van der Waals surface area contributed by atoms with Crippen LogP contribution in [0.1, 0.15) is 49.7 Å². The van der Waals surface area contributed by atoms with Crippen molar-refractivity contribution in [3.63, 3.8) is 0 Å². The molecule has 0 bridgehead atoms. The molecule has 1 saturated heterocycles. The summed E-state index contributed by atoms with van der Waals surface area (Å²) < 4.78 is 19.6. The molecule has 1 aliphatic heterocycles. The van der Waals surface area contributed by atoms with Crippen molar-refractivity contribution < 1.29 is 23.8 Å². The lowest BCUT2D eigenvalue weighted by atomic mass is 9.93. The molecule has 7 heteroatoms. The number of rotatable bonds is 11. The average molecular weight is 493 g/mol. The first kappa shape index (κ1) is 25.6. The van der Waals surface area contributed by atoms with E-state index in [1.54, 1.807) is 6.20 Å². The lowest BCUT2D eigenvalue weighted by Gasteiger charge is -2.32. The van der Waals surface area contributed by atoms with Crippen molar-refractivity contribution in [2.24, 2.45) is 0 Å². The Bertz CT molecular complexity index is 1130. The molecule has 0 radical (unpaired) electrons. The van der Waals surface area contributed by atoms with E-state index in [4.69, 9.17) is 9.84 Å². The van der Waals surface area contributed by atoms with Gasteiger partial charge in [0.25, 0.3) is 0 Å². The number of piperidine rings is 1. The van der Waals surface area contributed by atoms with Crippen molar-refractivity contribution >= 4 is 12.3 Å². The number of carbonyl (C=O) groups is 2. The summed E-state index contributed by atoms with van der Waals surface area (Å²) in [7, 11) is 0. The highest BCUT2D eigenvalue weighted by Gasteiger charge is 2.29. The second kappa shape index (κ2) is 12.0. The number of aldehydes is 1. The van der Waals surface area contributed by atoms with Gasteiger partial charge >= 0.3 is 5.97 Å². The number of carboxylic acid groups (broad SMARTS) is 1. The van der Waals surface area contributed by atoms with Crippen molar-refractivity contribution in [3.8, 4) is 16.9 Å². The van der Waals surface area contributed by atoms with E-state index in [1.807, 2.05) is 19.1 Å². The second-order valence-corrected chi connectivity index (χ2v) is 9.38. The van der Waals surface area contributed by atoms with E-state index in [0.29, 0.717) is 18.8 Å². The summed E-state index contributed by atoms with van der Waals surface area (Å²) >= 11 is 0. The van der Waals surface area contributed by atoms with Crippen LogP contribution in [0.5, 0.6) is 5.75 Å². The zero-order valence-electron chi connectivity index (χ0n) is 20.6. The smallest absolute Gasteiger partial charge is 0.335 e. The number of aliphatic carboxylic acids is 1. The molecule has 1 saturated carbocycles. The Kier molecular flexibility index (Phi) is 8.54. The predicted molar refractivity (Wildman–Crippen MR) is 137 cm³/mol. The highest BCUT2D eigenvalue weighted by atomic mass is 19.1. The molecule has 0 spiro atoms. The number of ether oxygens (including phenoxy) is 1. The van der Waals surface area contributed by atoms with E-state index in [9.17, 15) is 14.0 Å². The molecule has 2 aromatic rings. The van der Waals surface area contributed by atoms with Gasteiger partial charge in [-0.05, 0) is 97.8 Å². The van der Waals surface area contributed by atoms with Crippen molar-refractivity contribution in [3.05, 3.63) is 77.3 Å². The van der Waals surface area contributed by atoms with Crippen LogP contribution < -0.4 is 10.1 Å². The molecule has 36 heavy (non-hydrogen) atoms. The number of hydrogen-bond acceptors (Lipinski definition) is 5. The zero-order valence-corrected chi connectivity index (χ0v) is 20.6. The van der Waals surface area contributed by atoms with Gasteiger partial charge in [-0.15, -0.1) is 0 Å². The molecule has 0 amide bonds. The fourth-order valence-corrected chi connectivity index (χ4v) is 4.71. The first-order valence-electron chi connectivity index (χ1n) is 12.6. The van der Waals surface area contributed by atoms with E-state index in [0.717, 1.165) is 55.4 Å². The molecule has 0 atom stereocenters. The molecule has 1 aliphatic carbocycles. The van der Waals surface area contributed by atoms with Crippen LogP contribution >= 0.6 is 0 Å². The number of carboxylic acids is 1. The first-order valence-corrected chi connectivity index (χ1v) is 12.6. The van der Waals surface area contributed by atoms with E-state index in [2.05, 4.69) is 22.3 Å². The van der Waals surface area contributed by atoms with Crippen LogP contribution in [-0.2, 0) is 16.1 Å². The Morgan fingerprint density at radius 1 is 1.17 bits per heavy atom. The minimum atomic E-state index is -1.13. The maximum atomic E-state index is 13.5. The first-order chi connectivity index (χ1) is 17.5. The van der Waals surface area contributed by atoms with Crippen LogP contribution in [0.15, 0.2) is 60.3 Å². The summed E-state index contributed by atoms with van der Waals surface area (Å²) in [5.41, 5.74) is 4.60. The zero-order chi connectivity index (χ0) is 25.5. The molecule has 0 unspecified atom stereocenters. The Morgan fingerprint density at radius 3 is 2.50 bits per heavy atom. The third kappa shape index (κ3) is 6.61. The fraction of sp³-hybridized carbons (Fsp3) is 0.379. The fourth-order valence-electron chi connectivity index (χ4n) is 4.71. The number of benzene rings is 2. The number of allylic oxidation sites excluding steroid dienone is 1. The van der Waals surface area contributed by atoms with Crippen molar-refractivity contribution in [1.29, 1.82) is 0 Å². The van der Waals surface area contributed by atoms with E-state index in [1.165, 1.54) is 42.2 Å². The highest BCUT2D eigenvalue weighted by Crippen LogP contribution is 2.46. The largest absolute Gasteiger partial charge is 0.494 e. The molecule has 2 N–H and O–H groups in total. The summed E-state index contributed by atoms with van der Waals surface area (Å²) in [6, 6.07) is 11.4. The highest BCUT2D eigenvalue weighted by molar-refractivity contribution is 5.93. The maximum absolute atomic E-state index is 13.5. The van der Waals surface area contributed by atoms with Crippen LogP contribution in [0.25, 0.3) is 11.1 Å². The summed E-state index contributed by atoms with van der Waals surface area (Å²) in [6.45, 7) is 5.18. The minimum absolute atomic E-state index is 0.0473. The molecule has 1 heterocycles. The Labute approximate surface area is 211 Å². The normalized spacial score (nSPS) is 17.3. The molecule has 0 aromatic heterocycles. The summed E-state index contributed by atoms with van der Waals surface area (Å²) in [5, 5.41) is 12.4. The van der Waals surface area contributed by atoms with Crippen molar-refractivity contribution in [2.45, 2.75) is 51.1 Å². The summed E-state index contributed by atoms with van der Waals surface area (Å²) in [6.07, 6.45) is 8.76.